The lowest BCUT2D eigenvalue weighted by Crippen LogP contribution is -2.34. The number of hydrogen-bond acceptors (Lipinski definition) is 4. The highest BCUT2D eigenvalue weighted by Crippen LogP contribution is 2.41. The molecule has 0 radical (unpaired) electrons. The van der Waals surface area contributed by atoms with Crippen molar-refractivity contribution in [1.29, 1.82) is 0 Å². The Kier molecular flexibility index (Phi) is 8.95. The Bertz CT molecular complexity index is 2310. The van der Waals surface area contributed by atoms with Crippen LogP contribution in [-0.4, -0.2) is 55.9 Å². The molecule has 2 saturated heterocycles. The zero-order valence-electron chi connectivity index (χ0n) is 30.4. The van der Waals surface area contributed by atoms with Crippen molar-refractivity contribution in [3.8, 4) is 22.3 Å². The van der Waals surface area contributed by atoms with Crippen molar-refractivity contribution >= 4 is 46.4 Å². The summed E-state index contributed by atoms with van der Waals surface area (Å²) < 4.78 is 0. The van der Waals surface area contributed by atoms with Gasteiger partial charge in [0.15, 0.2) is 0 Å². The zero-order chi connectivity index (χ0) is 35.0. The van der Waals surface area contributed by atoms with E-state index in [9.17, 15) is 0 Å². The standard InChI is InChI=1S/C46H48N6/c1-3-51-29-13-11-19-41(51)45-37-25-23-35(48-37)43(31-15-7-5-8-16-31)33-21-22-34(47-33)44(32-17-9-6-10-18-32)36-24-26-38(49-36)46(40-28-27-39(45)50-40)42-20-12-14-30-52(42)4-2/h5-10,15-18,21-28,41-42,47-48H,3-4,11-14,19-20,29-30H2,1-2H3. The number of likely N-dealkylation sites (tertiary alicyclic amines) is 2. The second kappa shape index (κ2) is 14.2. The minimum atomic E-state index is 0.269. The van der Waals surface area contributed by atoms with Crippen LogP contribution in [0.4, 0.5) is 0 Å². The zero-order valence-corrected chi connectivity index (χ0v) is 30.4. The van der Waals surface area contributed by atoms with Crippen LogP contribution in [0.5, 0.6) is 0 Å². The quantitative estimate of drug-likeness (QED) is 0.183. The van der Waals surface area contributed by atoms with Gasteiger partial charge in [-0.2, -0.15) is 0 Å². The number of nitrogens with zero attached hydrogens (tertiary/aromatic N) is 4. The number of aromatic nitrogens is 4. The number of rotatable bonds is 6. The third-order valence-electron chi connectivity index (χ3n) is 11.7. The summed E-state index contributed by atoms with van der Waals surface area (Å²) in [5, 5.41) is 0. The Balaban J connectivity index is 1.43. The number of benzene rings is 2. The molecule has 4 aliphatic rings. The molecule has 4 aliphatic heterocycles. The van der Waals surface area contributed by atoms with E-state index in [1.807, 2.05) is 0 Å². The summed E-state index contributed by atoms with van der Waals surface area (Å²) in [5.74, 6) is 0. The van der Waals surface area contributed by atoms with Gasteiger partial charge in [0, 0.05) is 56.4 Å². The van der Waals surface area contributed by atoms with Gasteiger partial charge in [0.1, 0.15) is 0 Å². The summed E-state index contributed by atoms with van der Waals surface area (Å²) in [6, 6.07) is 31.0. The fraction of sp³-hybridized carbons (Fsp3) is 0.304. The van der Waals surface area contributed by atoms with E-state index >= 15 is 0 Å². The maximum atomic E-state index is 5.62. The van der Waals surface area contributed by atoms with Crippen molar-refractivity contribution in [3.05, 3.63) is 119 Å². The summed E-state index contributed by atoms with van der Waals surface area (Å²) in [7, 11) is 0. The fourth-order valence-corrected chi connectivity index (χ4v) is 9.16. The van der Waals surface area contributed by atoms with Gasteiger partial charge in [-0.15, -0.1) is 0 Å². The Labute approximate surface area is 307 Å². The second-order valence-electron chi connectivity index (χ2n) is 14.6. The first-order valence-corrected chi connectivity index (χ1v) is 19.4. The molecule has 2 N–H and O–H groups in total. The van der Waals surface area contributed by atoms with Gasteiger partial charge in [-0.25, -0.2) is 9.97 Å². The Hall–Kier alpha value is -5.04. The maximum absolute atomic E-state index is 5.62. The van der Waals surface area contributed by atoms with Gasteiger partial charge in [-0.1, -0.05) is 87.4 Å². The lowest BCUT2D eigenvalue weighted by Gasteiger charge is -2.36. The van der Waals surface area contributed by atoms with E-state index in [0.717, 1.165) is 106 Å². The van der Waals surface area contributed by atoms with Crippen molar-refractivity contribution in [2.75, 3.05) is 26.2 Å². The summed E-state index contributed by atoms with van der Waals surface area (Å²) in [6.45, 7) is 8.85. The van der Waals surface area contributed by atoms with Crippen LogP contribution in [0.3, 0.4) is 0 Å². The average Bonchev–Trinajstić information content (AvgIpc) is 4.04. The van der Waals surface area contributed by atoms with Crippen LogP contribution in [0.15, 0.2) is 84.9 Å². The molecule has 7 heterocycles. The smallest absolute Gasteiger partial charge is 0.0737 e. The van der Waals surface area contributed by atoms with Crippen LogP contribution in [0.1, 0.15) is 98.4 Å². The Morgan fingerprint density at radius 1 is 0.500 bits per heavy atom. The average molecular weight is 685 g/mol. The van der Waals surface area contributed by atoms with Crippen LogP contribution in [-0.2, 0) is 0 Å². The molecule has 0 saturated carbocycles. The molecule has 3 aromatic heterocycles. The Morgan fingerprint density at radius 2 is 0.942 bits per heavy atom. The number of aromatic amines is 2. The first kappa shape index (κ1) is 32.8. The van der Waals surface area contributed by atoms with Crippen LogP contribution in [0.25, 0.3) is 68.6 Å². The number of nitrogens with one attached hydrogen (secondary N) is 2. The SMILES string of the molecule is CCN1CCCCC1c1c2nc(c(-c3ccccc3)c3ccc([nH]3)c(-c3ccccc3)c3ccc([nH]3)c(C3CCCCN3CC)c3nc1C=C3)C=C2. The molecule has 52 heavy (non-hydrogen) atoms. The summed E-state index contributed by atoms with van der Waals surface area (Å²) >= 11 is 0. The molecule has 2 aromatic carbocycles. The topological polar surface area (TPSA) is 63.8 Å². The van der Waals surface area contributed by atoms with Crippen molar-refractivity contribution in [3.63, 3.8) is 0 Å². The maximum Gasteiger partial charge on any atom is 0.0737 e. The molecular formula is C46H48N6. The van der Waals surface area contributed by atoms with E-state index in [1.54, 1.807) is 0 Å². The van der Waals surface area contributed by atoms with E-state index in [2.05, 4.69) is 143 Å². The van der Waals surface area contributed by atoms with Gasteiger partial charge in [-0.05, 0) is 112 Å². The van der Waals surface area contributed by atoms with Crippen LogP contribution >= 0.6 is 0 Å². The van der Waals surface area contributed by atoms with E-state index < -0.39 is 0 Å². The number of fused-ring (bicyclic) bond motifs is 8. The highest BCUT2D eigenvalue weighted by Gasteiger charge is 2.31. The third-order valence-corrected chi connectivity index (χ3v) is 11.7. The molecule has 8 bridgehead atoms. The van der Waals surface area contributed by atoms with Crippen LogP contribution < -0.4 is 0 Å². The van der Waals surface area contributed by atoms with Gasteiger partial charge in [0.05, 0.1) is 22.8 Å². The molecule has 0 amide bonds. The molecule has 2 fully saturated rings. The lowest BCUT2D eigenvalue weighted by molar-refractivity contribution is 0.156. The number of piperidine rings is 2. The third kappa shape index (κ3) is 5.94. The monoisotopic (exact) mass is 684 g/mol. The molecule has 9 rings (SSSR count). The van der Waals surface area contributed by atoms with Gasteiger partial charge >= 0.3 is 0 Å². The number of hydrogen-bond donors (Lipinski definition) is 2. The summed E-state index contributed by atoms with van der Waals surface area (Å²) in [4.78, 5) is 24.3. The predicted molar refractivity (Wildman–Crippen MR) is 217 cm³/mol. The molecule has 262 valence electrons. The van der Waals surface area contributed by atoms with Crippen molar-refractivity contribution in [2.45, 2.75) is 64.5 Å². The van der Waals surface area contributed by atoms with Crippen molar-refractivity contribution < 1.29 is 0 Å². The molecule has 0 spiro atoms. The Morgan fingerprint density at radius 3 is 1.52 bits per heavy atom. The molecule has 5 aromatic rings. The first-order valence-electron chi connectivity index (χ1n) is 19.4. The predicted octanol–water partition coefficient (Wildman–Crippen LogP) is 11.1. The van der Waals surface area contributed by atoms with E-state index in [1.165, 1.54) is 36.8 Å². The van der Waals surface area contributed by atoms with Crippen LogP contribution in [0.2, 0.25) is 0 Å². The van der Waals surface area contributed by atoms with Crippen LogP contribution in [0, 0.1) is 0 Å². The van der Waals surface area contributed by atoms with Crippen molar-refractivity contribution in [1.82, 2.24) is 29.7 Å². The molecule has 2 atom stereocenters. The highest BCUT2D eigenvalue weighted by molar-refractivity contribution is 5.97. The van der Waals surface area contributed by atoms with Gasteiger partial charge in [0.2, 0.25) is 0 Å². The molecule has 6 nitrogen and oxygen atoms in total. The normalized spacial score (nSPS) is 19.3. The molecule has 6 heteroatoms. The molecule has 0 aliphatic carbocycles. The van der Waals surface area contributed by atoms with Gasteiger partial charge in [0.25, 0.3) is 0 Å². The minimum absolute atomic E-state index is 0.269. The highest BCUT2D eigenvalue weighted by atomic mass is 15.2. The minimum Gasteiger partial charge on any atom is -0.355 e. The van der Waals surface area contributed by atoms with Crippen molar-refractivity contribution in [2.24, 2.45) is 0 Å². The van der Waals surface area contributed by atoms with Gasteiger partial charge in [-0.3, -0.25) is 9.80 Å². The van der Waals surface area contributed by atoms with Gasteiger partial charge < -0.3 is 9.97 Å². The summed E-state index contributed by atoms with van der Waals surface area (Å²) in [6.07, 6.45) is 16.2. The first-order chi connectivity index (χ1) is 25.7. The summed E-state index contributed by atoms with van der Waals surface area (Å²) in [5.41, 5.74) is 15.6. The van der Waals surface area contributed by atoms with E-state index in [0.29, 0.717) is 6.04 Å². The number of H-pyrrole nitrogens is 2. The molecule has 2 unspecified atom stereocenters. The lowest BCUT2D eigenvalue weighted by atomic mass is 9.93. The second-order valence-corrected chi connectivity index (χ2v) is 14.6. The van der Waals surface area contributed by atoms with E-state index in [-0.39, 0.29) is 6.04 Å². The fourth-order valence-electron chi connectivity index (χ4n) is 9.16. The molecular weight excluding hydrogens is 637 g/mol. The largest absolute Gasteiger partial charge is 0.355 e. The van der Waals surface area contributed by atoms with E-state index in [4.69, 9.17) is 9.97 Å².